The van der Waals surface area contributed by atoms with Crippen molar-refractivity contribution in [2.24, 2.45) is 5.92 Å². The Labute approximate surface area is 125 Å². The third-order valence-corrected chi connectivity index (χ3v) is 5.07. The summed E-state index contributed by atoms with van der Waals surface area (Å²) in [6.07, 6.45) is 2.58. The summed E-state index contributed by atoms with van der Waals surface area (Å²) < 4.78 is 0. The number of likely N-dealkylation sites (N-methyl/N-ethyl adjacent to an activating group) is 1. The van der Waals surface area contributed by atoms with E-state index in [9.17, 15) is 5.11 Å². The van der Waals surface area contributed by atoms with Crippen LogP contribution in [0.3, 0.4) is 0 Å². The van der Waals surface area contributed by atoms with Gasteiger partial charge in [0.05, 0.1) is 16.1 Å². The van der Waals surface area contributed by atoms with E-state index in [1.807, 2.05) is 25.2 Å². The van der Waals surface area contributed by atoms with E-state index in [1.165, 1.54) is 0 Å². The third-order valence-electron chi connectivity index (χ3n) is 4.33. The lowest BCUT2D eigenvalue weighted by Gasteiger charge is -2.44. The SMILES string of the molecule is CNCC1(c2ccc(Cl)c(Cl)c2)CCC(C)CC1O. The van der Waals surface area contributed by atoms with E-state index in [0.717, 1.165) is 31.4 Å². The van der Waals surface area contributed by atoms with Crippen molar-refractivity contribution in [3.63, 3.8) is 0 Å². The Morgan fingerprint density at radius 1 is 1.37 bits per heavy atom. The fraction of sp³-hybridized carbons (Fsp3) is 0.600. The van der Waals surface area contributed by atoms with Crippen LogP contribution < -0.4 is 5.32 Å². The Morgan fingerprint density at radius 2 is 2.11 bits per heavy atom. The molecule has 4 heteroatoms. The standard InChI is InChI=1S/C15H21Cl2NO/c1-10-5-6-15(9-18-2,14(19)7-10)11-3-4-12(16)13(17)8-11/h3-4,8,10,14,18-19H,5-7,9H2,1-2H3. The van der Waals surface area contributed by atoms with Gasteiger partial charge in [-0.2, -0.15) is 0 Å². The summed E-state index contributed by atoms with van der Waals surface area (Å²) in [5, 5.41) is 15.0. The topological polar surface area (TPSA) is 32.3 Å². The Hall–Kier alpha value is -0.280. The molecule has 0 bridgehead atoms. The lowest BCUT2D eigenvalue weighted by molar-refractivity contribution is 0.0232. The number of hydrogen-bond acceptors (Lipinski definition) is 2. The molecule has 0 amide bonds. The maximum atomic E-state index is 10.6. The van der Waals surface area contributed by atoms with Crippen molar-refractivity contribution in [1.82, 2.24) is 5.32 Å². The van der Waals surface area contributed by atoms with E-state index >= 15 is 0 Å². The molecule has 0 spiro atoms. The van der Waals surface area contributed by atoms with Crippen molar-refractivity contribution in [2.45, 2.75) is 37.7 Å². The molecule has 2 nitrogen and oxygen atoms in total. The second-order valence-electron chi connectivity index (χ2n) is 5.71. The fourth-order valence-electron chi connectivity index (χ4n) is 3.16. The van der Waals surface area contributed by atoms with Gasteiger partial charge in [-0.25, -0.2) is 0 Å². The van der Waals surface area contributed by atoms with Gasteiger partial charge in [-0.3, -0.25) is 0 Å². The molecule has 0 saturated heterocycles. The van der Waals surface area contributed by atoms with E-state index in [1.54, 1.807) is 0 Å². The van der Waals surface area contributed by atoms with Crippen LogP contribution >= 0.6 is 23.2 Å². The zero-order valence-corrected chi connectivity index (χ0v) is 12.9. The van der Waals surface area contributed by atoms with Gasteiger partial charge in [0.15, 0.2) is 0 Å². The smallest absolute Gasteiger partial charge is 0.0651 e. The van der Waals surface area contributed by atoms with E-state index in [-0.39, 0.29) is 11.5 Å². The van der Waals surface area contributed by atoms with E-state index in [0.29, 0.717) is 16.0 Å². The summed E-state index contributed by atoms with van der Waals surface area (Å²) >= 11 is 12.1. The number of hydrogen-bond donors (Lipinski definition) is 2. The molecule has 1 aromatic rings. The van der Waals surface area contributed by atoms with Crippen molar-refractivity contribution in [2.75, 3.05) is 13.6 Å². The van der Waals surface area contributed by atoms with Gasteiger partial charge < -0.3 is 10.4 Å². The van der Waals surface area contributed by atoms with Gasteiger partial charge in [0, 0.05) is 12.0 Å². The van der Waals surface area contributed by atoms with Gasteiger partial charge in [0.25, 0.3) is 0 Å². The van der Waals surface area contributed by atoms with Gasteiger partial charge in [0.2, 0.25) is 0 Å². The summed E-state index contributed by atoms with van der Waals surface area (Å²) in [4.78, 5) is 0. The molecule has 1 aliphatic carbocycles. The molecule has 1 fully saturated rings. The van der Waals surface area contributed by atoms with Crippen LogP contribution in [0.5, 0.6) is 0 Å². The molecule has 2 rings (SSSR count). The first kappa shape index (κ1) is 15.1. The highest BCUT2D eigenvalue weighted by atomic mass is 35.5. The Morgan fingerprint density at radius 3 is 2.68 bits per heavy atom. The quantitative estimate of drug-likeness (QED) is 0.893. The van der Waals surface area contributed by atoms with Crippen LogP contribution in [0, 0.1) is 5.92 Å². The van der Waals surface area contributed by atoms with Crippen LogP contribution in [-0.4, -0.2) is 24.8 Å². The monoisotopic (exact) mass is 301 g/mol. The second kappa shape index (κ2) is 6.01. The molecular formula is C15H21Cl2NO. The van der Waals surface area contributed by atoms with Crippen LogP contribution in [0.15, 0.2) is 18.2 Å². The zero-order valence-electron chi connectivity index (χ0n) is 11.4. The van der Waals surface area contributed by atoms with Crippen molar-refractivity contribution >= 4 is 23.2 Å². The molecule has 0 heterocycles. The van der Waals surface area contributed by atoms with Crippen molar-refractivity contribution in [1.29, 1.82) is 0 Å². The largest absolute Gasteiger partial charge is 0.392 e. The molecule has 3 atom stereocenters. The third kappa shape index (κ3) is 2.92. The Bertz CT molecular complexity index is 452. The molecular weight excluding hydrogens is 281 g/mol. The van der Waals surface area contributed by atoms with Gasteiger partial charge in [0.1, 0.15) is 0 Å². The van der Waals surface area contributed by atoms with Crippen LogP contribution in [-0.2, 0) is 5.41 Å². The molecule has 106 valence electrons. The molecule has 1 aromatic carbocycles. The normalized spacial score (nSPS) is 31.4. The predicted octanol–water partition coefficient (Wildman–Crippen LogP) is 3.63. The van der Waals surface area contributed by atoms with Crippen LogP contribution in [0.1, 0.15) is 31.7 Å². The highest BCUT2D eigenvalue weighted by molar-refractivity contribution is 6.42. The molecule has 3 unspecified atom stereocenters. The average Bonchev–Trinajstić information content (AvgIpc) is 2.36. The van der Waals surface area contributed by atoms with Gasteiger partial charge in [-0.1, -0.05) is 36.2 Å². The molecule has 2 N–H and O–H groups in total. The number of aliphatic hydroxyl groups excluding tert-OH is 1. The lowest BCUT2D eigenvalue weighted by Crippen LogP contribution is -2.50. The summed E-state index contributed by atoms with van der Waals surface area (Å²) in [7, 11) is 1.92. The van der Waals surface area contributed by atoms with Crippen LogP contribution in [0.2, 0.25) is 10.0 Å². The first-order valence-electron chi connectivity index (χ1n) is 6.78. The number of benzene rings is 1. The summed E-state index contributed by atoms with van der Waals surface area (Å²) in [6, 6.07) is 5.71. The number of halogens is 2. The van der Waals surface area contributed by atoms with Gasteiger partial charge >= 0.3 is 0 Å². The summed E-state index contributed by atoms with van der Waals surface area (Å²) in [5.41, 5.74) is 0.825. The minimum Gasteiger partial charge on any atom is -0.392 e. The van der Waals surface area contributed by atoms with Crippen LogP contribution in [0.25, 0.3) is 0 Å². The maximum absolute atomic E-state index is 10.6. The Balaban J connectivity index is 2.40. The zero-order chi connectivity index (χ0) is 14.0. The molecule has 1 aliphatic rings. The number of nitrogens with one attached hydrogen (secondary N) is 1. The summed E-state index contributed by atoms with van der Waals surface area (Å²) in [6.45, 7) is 2.94. The van der Waals surface area contributed by atoms with Crippen LogP contribution in [0.4, 0.5) is 0 Å². The average molecular weight is 302 g/mol. The molecule has 0 aromatic heterocycles. The minimum absolute atomic E-state index is 0.254. The predicted molar refractivity (Wildman–Crippen MR) is 81.1 cm³/mol. The van der Waals surface area contributed by atoms with Crippen molar-refractivity contribution in [3.05, 3.63) is 33.8 Å². The summed E-state index contributed by atoms with van der Waals surface area (Å²) in [5.74, 6) is 0.572. The van der Waals surface area contributed by atoms with Gasteiger partial charge in [-0.05, 0) is 49.9 Å². The first-order chi connectivity index (χ1) is 8.99. The minimum atomic E-state index is -0.346. The van der Waals surface area contributed by atoms with E-state index in [2.05, 4.69) is 12.2 Å². The highest BCUT2D eigenvalue weighted by Gasteiger charge is 2.42. The number of rotatable bonds is 3. The maximum Gasteiger partial charge on any atom is 0.0651 e. The second-order valence-corrected chi connectivity index (χ2v) is 6.53. The number of aliphatic hydroxyl groups is 1. The van der Waals surface area contributed by atoms with Gasteiger partial charge in [-0.15, -0.1) is 0 Å². The molecule has 0 radical (unpaired) electrons. The molecule has 1 saturated carbocycles. The fourth-order valence-corrected chi connectivity index (χ4v) is 3.46. The first-order valence-corrected chi connectivity index (χ1v) is 7.53. The Kier molecular flexibility index (Phi) is 4.78. The van der Waals surface area contributed by atoms with E-state index < -0.39 is 0 Å². The molecule has 19 heavy (non-hydrogen) atoms. The van der Waals surface area contributed by atoms with Crippen molar-refractivity contribution < 1.29 is 5.11 Å². The molecule has 0 aliphatic heterocycles. The van der Waals surface area contributed by atoms with E-state index in [4.69, 9.17) is 23.2 Å². The lowest BCUT2D eigenvalue weighted by atomic mass is 9.65. The van der Waals surface area contributed by atoms with Crippen molar-refractivity contribution in [3.8, 4) is 0 Å². The highest BCUT2D eigenvalue weighted by Crippen LogP contribution is 2.42.